The van der Waals surface area contributed by atoms with Crippen LogP contribution < -0.4 is 10.6 Å². The Morgan fingerprint density at radius 3 is 2.67 bits per heavy atom. The molecule has 0 spiro atoms. The van der Waals surface area contributed by atoms with Crippen LogP contribution in [0.2, 0.25) is 0 Å². The normalized spacial score (nSPS) is 21.2. The molecule has 0 bridgehead atoms. The van der Waals surface area contributed by atoms with E-state index in [1.165, 1.54) is 5.56 Å². The van der Waals surface area contributed by atoms with E-state index in [2.05, 4.69) is 62.3 Å². The number of nitrogen functional groups attached to an aromatic ring is 1. The molecular weight excluding hydrogens is 338 g/mol. The van der Waals surface area contributed by atoms with Gasteiger partial charge in [-0.1, -0.05) is 42.5 Å². The molecule has 6 heteroatoms. The molecule has 1 unspecified atom stereocenters. The summed E-state index contributed by atoms with van der Waals surface area (Å²) in [5.74, 6) is 1.66. The lowest BCUT2D eigenvalue weighted by Gasteiger charge is -2.35. The standard InChI is InChI=1S/C21H27N5O/c22-21-23-19(18-8-14-27-16-18)15-20(24-21)26-12-10-25(11-13-26)9-4-7-17-5-2-1-3-6-17/h1-7,15,18H,8-14,16H2,(H2,22,23,24). The van der Waals surface area contributed by atoms with Gasteiger partial charge in [0.2, 0.25) is 5.95 Å². The molecule has 2 aliphatic rings. The Labute approximate surface area is 160 Å². The van der Waals surface area contributed by atoms with Crippen LogP contribution in [-0.4, -0.2) is 60.8 Å². The van der Waals surface area contributed by atoms with Crippen LogP contribution >= 0.6 is 0 Å². The molecule has 0 saturated carbocycles. The molecule has 27 heavy (non-hydrogen) atoms. The highest BCUT2D eigenvalue weighted by Crippen LogP contribution is 2.27. The third-order valence-electron chi connectivity index (χ3n) is 5.27. The topological polar surface area (TPSA) is 67.5 Å². The molecule has 1 aromatic carbocycles. The second-order valence-corrected chi connectivity index (χ2v) is 7.17. The first kappa shape index (κ1) is 17.9. The lowest BCUT2D eigenvalue weighted by Crippen LogP contribution is -2.46. The highest BCUT2D eigenvalue weighted by molar-refractivity contribution is 5.49. The number of rotatable bonds is 5. The monoisotopic (exact) mass is 365 g/mol. The lowest BCUT2D eigenvalue weighted by atomic mass is 10.0. The molecule has 2 fully saturated rings. The summed E-state index contributed by atoms with van der Waals surface area (Å²) in [4.78, 5) is 13.7. The van der Waals surface area contributed by atoms with Gasteiger partial charge in [0.1, 0.15) is 5.82 Å². The van der Waals surface area contributed by atoms with Gasteiger partial charge in [-0.05, 0) is 12.0 Å². The Balaban J connectivity index is 1.33. The van der Waals surface area contributed by atoms with Gasteiger partial charge in [-0.2, -0.15) is 4.98 Å². The zero-order chi connectivity index (χ0) is 18.5. The Morgan fingerprint density at radius 2 is 1.93 bits per heavy atom. The van der Waals surface area contributed by atoms with E-state index >= 15 is 0 Å². The van der Waals surface area contributed by atoms with E-state index in [1.807, 2.05) is 6.07 Å². The van der Waals surface area contributed by atoms with Crippen molar-refractivity contribution in [1.29, 1.82) is 0 Å². The van der Waals surface area contributed by atoms with E-state index in [1.54, 1.807) is 0 Å². The number of hydrogen-bond donors (Lipinski definition) is 1. The fourth-order valence-corrected chi connectivity index (χ4v) is 3.67. The van der Waals surface area contributed by atoms with E-state index in [0.717, 1.165) is 63.9 Å². The Kier molecular flexibility index (Phi) is 5.65. The summed E-state index contributed by atoms with van der Waals surface area (Å²) in [5.41, 5.74) is 8.24. The first-order chi connectivity index (χ1) is 13.3. The zero-order valence-electron chi connectivity index (χ0n) is 15.6. The SMILES string of the molecule is Nc1nc(C2CCOC2)cc(N2CCN(CC=Cc3ccccc3)CC2)n1. The van der Waals surface area contributed by atoms with Crippen molar-refractivity contribution >= 4 is 17.8 Å². The predicted octanol–water partition coefficient (Wildman–Crippen LogP) is 2.40. The third kappa shape index (κ3) is 4.64. The van der Waals surface area contributed by atoms with E-state index in [-0.39, 0.29) is 0 Å². The third-order valence-corrected chi connectivity index (χ3v) is 5.27. The Morgan fingerprint density at radius 1 is 1.11 bits per heavy atom. The van der Waals surface area contributed by atoms with Crippen molar-refractivity contribution in [1.82, 2.24) is 14.9 Å². The van der Waals surface area contributed by atoms with Crippen LogP contribution in [0.25, 0.3) is 6.08 Å². The minimum absolute atomic E-state index is 0.346. The Hall–Kier alpha value is -2.44. The summed E-state index contributed by atoms with van der Waals surface area (Å²) >= 11 is 0. The number of anilines is 2. The van der Waals surface area contributed by atoms with Gasteiger partial charge in [0.25, 0.3) is 0 Å². The highest BCUT2D eigenvalue weighted by atomic mass is 16.5. The molecule has 3 heterocycles. The maximum absolute atomic E-state index is 5.97. The molecule has 2 saturated heterocycles. The number of aromatic nitrogens is 2. The van der Waals surface area contributed by atoms with Gasteiger partial charge < -0.3 is 15.4 Å². The van der Waals surface area contributed by atoms with Gasteiger partial charge in [0, 0.05) is 51.3 Å². The summed E-state index contributed by atoms with van der Waals surface area (Å²) in [5, 5.41) is 0. The Bertz CT molecular complexity index is 765. The van der Waals surface area contributed by atoms with Crippen molar-refractivity contribution in [2.75, 3.05) is 56.6 Å². The molecular formula is C21H27N5O. The van der Waals surface area contributed by atoms with Gasteiger partial charge >= 0.3 is 0 Å². The highest BCUT2D eigenvalue weighted by Gasteiger charge is 2.23. The molecule has 4 rings (SSSR count). The van der Waals surface area contributed by atoms with Crippen LogP contribution in [0.1, 0.15) is 23.6 Å². The minimum atomic E-state index is 0.346. The molecule has 142 valence electrons. The van der Waals surface area contributed by atoms with Crippen LogP contribution in [0.15, 0.2) is 42.5 Å². The largest absolute Gasteiger partial charge is 0.381 e. The number of hydrogen-bond acceptors (Lipinski definition) is 6. The molecule has 0 aliphatic carbocycles. The maximum Gasteiger partial charge on any atom is 0.222 e. The van der Waals surface area contributed by atoms with Crippen LogP contribution in [0.5, 0.6) is 0 Å². The molecule has 2 aliphatic heterocycles. The van der Waals surface area contributed by atoms with Crippen LogP contribution in [0, 0.1) is 0 Å². The number of nitrogens with two attached hydrogens (primary N) is 1. The average Bonchev–Trinajstić information content (AvgIpc) is 3.24. The molecule has 6 nitrogen and oxygen atoms in total. The molecule has 1 atom stereocenters. The van der Waals surface area contributed by atoms with Crippen LogP contribution in [-0.2, 0) is 4.74 Å². The quantitative estimate of drug-likeness (QED) is 0.878. The second kappa shape index (κ2) is 8.50. The number of ether oxygens (including phenoxy) is 1. The second-order valence-electron chi connectivity index (χ2n) is 7.17. The van der Waals surface area contributed by atoms with E-state index < -0.39 is 0 Å². The molecule has 0 amide bonds. The van der Waals surface area contributed by atoms with Gasteiger partial charge in [0.15, 0.2) is 0 Å². The maximum atomic E-state index is 5.97. The lowest BCUT2D eigenvalue weighted by molar-refractivity contribution is 0.193. The molecule has 0 radical (unpaired) electrons. The average molecular weight is 365 g/mol. The smallest absolute Gasteiger partial charge is 0.222 e. The molecule has 2 aromatic rings. The summed E-state index contributed by atoms with van der Waals surface area (Å²) in [7, 11) is 0. The van der Waals surface area contributed by atoms with Crippen molar-refractivity contribution in [2.45, 2.75) is 12.3 Å². The van der Waals surface area contributed by atoms with E-state index in [9.17, 15) is 0 Å². The summed E-state index contributed by atoms with van der Waals surface area (Å²) in [6.07, 6.45) is 5.44. The van der Waals surface area contributed by atoms with Crippen molar-refractivity contribution in [3.05, 3.63) is 53.7 Å². The van der Waals surface area contributed by atoms with Crippen molar-refractivity contribution in [3.63, 3.8) is 0 Å². The van der Waals surface area contributed by atoms with Gasteiger partial charge in [-0.3, -0.25) is 4.90 Å². The number of benzene rings is 1. The first-order valence-electron chi connectivity index (χ1n) is 9.69. The fraction of sp³-hybridized carbons (Fsp3) is 0.429. The summed E-state index contributed by atoms with van der Waals surface area (Å²) < 4.78 is 5.49. The molecule has 2 N–H and O–H groups in total. The first-order valence-corrected chi connectivity index (χ1v) is 9.69. The number of nitrogens with zero attached hydrogens (tertiary/aromatic N) is 4. The number of piperazine rings is 1. The van der Waals surface area contributed by atoms with Gasteiger partial charge in [-0.25, -0.2) is 4.98 Å². The van der Waals surface area contributed by atoms with Crippen molar-refractivity contribution in [3.8, 4) is 0 Å². The van der Waals surface area contributed by atoms with Crippen molar-refractivity contribution in [2.24, 2.45) is 0 Å². The summed E-state index contributed by atoms with van der Waals surface area (Å²) in [6.45, 7) is 6.46. The van der Waals surface area contributed by atoms with E-state index in [4.69, 9.17) is 10.5 Å². The van der Waals surface area contributed by atoms with Gasteiger partial charge in [0.05, 0.1) is 12.3 Å². The fourth-order valence-electron chi connectivity index (χ4n) is 3.67. The zero-order valence-corrected chi connectivity index (χ0v) is 15.6. The molecule has 1 aromatic heterocycles. The van der Waals surface area contributed by atoms with Crippen LogP contribution in [0.3, 0.4) is 0 Å². The predicted molar refractivity (Wildman–Crippen MR) is 109 cm³/mol. The van der Waals surface area contributed by atoms with E-state index in [0.29, 0.717) is 11.9 Å². The van der Waals surface area contributed by atoms with Gasteiger partial charge in [-0.15, -0.1) is 0 Å². The van der Waals surface area contributed by atoms with Crippen molar-refractivity contribution < 1.29 is 4.74 Å². The minimum Gasteiger partial charge on any atom is -0.381 e. The van der Waals surface area contributed by atoms with Crippen LogP contribution in [0.4, 0.5) is 11.8 Å². The summed E-state index contributed by atoms with van der Waals surface area (Å²) in [6, 6.07) is 12.5.